The van der Waals surface area contributed by atoms with Crippen LogP contribution in [0.15, 0.2) is 41.4 Å². The van der Waals surface area contributed by atoms with Crippen LogP contribution in [0.1, 0.15) is 54.0 Å². The average molecular weight is 402 g/mol. The first-order chi connectivity index (χ1) is 13.3. The number of rotatable bonds is 6. The predicted octanol–water partition coefficient (Wildman–Crippen LogP) is 2.65. The lowest BCUT2D eigenvalue weighted by atomic mass is 9.91. The third-order valence-corrected chi connectivity index (χ3v) is 6.85. The van der Waals surface area contributed by atoms with Crippen molar-refractivity contribution in [3.05, 3.63) is 58.9 Å². The molecule has 1 aromatic heterocycles. The van der Waals surface area contributed by atoms with Gasteiger partial charge in [-0.25, -0.2) is 8.42 Å². The molecule has 7 heteroatoms. The van der Waals surface area contributed by atoms with Crippen LogP contribution < -0.4 is 10.6 Å². The molecule has 28 heavy (non-hydrogen) atoms. The van der Waals surface area contributed by atoms with Crippen molar-refractivity contribution in [2.45, 2.75) is 44.7 Å². The van der Waals surface area contributed by atoms with Gasteiger partial charge in [-0.1, -0.05) is 32.9 Å². The fraction of sp³-hybridized carbons (Fsp3) is 0.429. The largest absolute Gasteiger partial charge is 0.348 e. The Labute approximate surface area is 166 Å². The Morgan fingerprint density at radius 1 is 1.29 bits per heavy atom. The number of amides is 1. The highest BCUT2D eigenvalue weighted by atomic mass is 32.2. The molecule has 1 aliphatic heterocycles. The highest BCUT2D eigenvalue weighted by molar-refractivity contribution is 7.91. The number of benzene rings is 1. The molecule has 2 aromatic rings. The van der Waals surface area contributed by atoms with E-state index in [2.05, 4.69) is 29.5 Å². The van der Waals surface area contributed by atoms with Crippen molar-refractivity contribution in [1.29, 1.82) is 0 Å². The van der Waals surface area contributed by atoms with E-state index in [0.717, 1.165) is 29.8 Å². The second-order valence-electron chi connectivity index (χ2n) is 7.42. The average Bonchev–Trinajstić information content (AvgIpc) is 2.71. The highest BCUT2D eigenvalue weighted by Gasteiger charge is 2.24. The summed E-state index contributed by atoms with van der Waals surface area (Å²) >= 11 is 0. The second-order valence-corrected chi connectivity index (χ2v) is 9.70. The maximum Gasteiger partial charge on any atom is 0.253 e. The van der Waals surface area contributed by atoms with Crippen LogP contribution in [0.25, 0.3) is 0 Å². The van der Waals surface area contributed by atoms with Gasteiger partial charge in [-0.05, 0) is 48.2 Å². The van der Waals surface area contributed by atoms with Crippen LogP contribution in [0, 0.1) is 5.92 Å². The molecular formula is C21H27N3O3S. The van der Waals surface area contributed by atoms with Crippen LogP contribution >= 0.6 is 0 Å². The van der Waals surface area contributed by atoms with Crippen LogP contribution in [-0.2, 0) is 22.8 Å². The molecule has 0 bridgehead atoms. The van der Waals surface area contributed by atoms with E-state index in [9.17, 15) is 13.2 Å². The third kappa shape index (κ3) is 4.42. The fourth-order valence-electron chi connectivity index (χ4n) is 3.40. The van der Waals surface area contributed by atoms with E-state index >= 15 is 0 Å². The summed E-state index contributed by atoms with van der Waals surface area (Å²) in [7, 11) is -3.21. The number of nitrogens with one attached hydrogen (secondary N) is 2. The summed E-state index contributed by atoms with van der Waals surface area (Å²) in [5, 5.41) is 6.37. The second kappa shape index (κ2) is 8.41. The monoisotopic (exact) mass is 401 g/mol. The Balaban J connectivity index is 1.67. The van der Waals surface area contributed by atoms with Crippen LogP contribution in [0.3, 0.4) is 0 Å². The van der Waals surface area contributed by atoms with Crippen LogP contribution in [0.2, 0.25) is 0 Å². The number of sulfone groups is 1. The fourth-order valence-corrected chi connectivity index (χ4v) is 4.29. The first-order valence-corrected chi connectivity index (χ1v) is 11.3. The van der Waals surface area contributed by atoms with Crippen molar-refractivity contribution < 1.29 is 13.2 Å². The van der Waals surface area contributed by atoms with Crippen molar-refractivity contribution in [1.82, 2.24) is 15.6 Å². The summed E-state index contributed by atoms with van der Waals surface area (Å²) in [5.41, 5.74) is 3.55. The molecular weight excluding hydrogens is 374 g/mol. The van der Waals surface area contributed by atoms with Crippen molar-refractivity contribution >= 4 is 15.7 Å². The maximum absolute atomic E-state index is 12.5. The molecule has 150 valence electrons. The number of nitrogens with zero attached hydrogens (tertiary/aromatic N) is 1. The minimum atomic E-state index is -3.21. The Morgan fingerprint density at radius 3 is 2.64 bits per heavy atom. The van der Waals surface area contributed by atoms with E-state index in [4.69, 9.17) is 0 Å². The zero-order valence-electron chi connectivity index (χ0n) is 16.5. The molecule has 6 nitrogen and oxygen atoms in total. The van der Waals surface area contributed by atoms with Gasteiger partial charge in [-0.15, -0.1) is 0 Å². The summed E-state index contributed by atoms with van der Waals surface area (Å²) in [5.74, 6) is 0.326. The first-order valence-electron chi connectivity index (χ1n) is 9.64. The first kappa shape index (κ1) is 20.5. The van der Waals surface area contributed by atoms with Gasteiger partial charge in [0.2, 0.25) is 0 Å². The molecule has 0 aliphatic carbocycles. The molecule has 0 spiro atoms. The lowest BCUT2D eigenvalue weighted by Crippen LogP contribution is -2.34. The van der Waals surface area contributed by atoms with Gasteiger partial charge in [-0.2, -0.15) is 0 Å². The summed E-state index contributed by atoms with van der Waals surface area (Å²) in [6.45, 7) is 7.15. The smallest absolute Gasteiger partial charge is 0.253 e. The number of fused-ring (bicyclic) bond motifs is 1. The van der Waals surface area contributed by atoms with Crippen LogP contribution in [-0.4, -0.2) is 31.6 Å². The molecule has 2 heterocycles. The lowest BCUT2D eigenvalue weighted by molar-refractivity contribution is 0.0950. The van der Waals surface area contributed by atoms with Crippen molar-refractivity contribution in [2.24, 2.45) is 5.92 Å². The van der Waals surface area contributed by atoms with Gasteiger partial charge in [0, 0.05) is 12.7 Å². The molecule has 1 aromatic carbocycles. The Kier molecular flexibility index (Phi) is 6.15. The van der Waals surface area contributed by atoms with Gasteiger partial charge in [0.15, 0.2) is 9.84 Å². The summed E-state index contributed by atoms with van der Waals surface area (Å²) < 4.78 is 23.7. The van der Waals surface area contributed by atoms with E-state index < -0.39 is 9.84 Å². The van der Waals surface area contributed by atoms with Crippen molar-refractivity contribution in [3.63, 3.8) is 0 Å². The van der Waals surface area contributed by atoms with Gasteiger partial charge in [0.25, 0.3) is 5.91 Å². The van der Waals surface area contributed by atoms with E-state index in [0.29, 0.717) is 22.9 Å². The zero-order chi connectivity index (χ0) is 20.3. The Hall–Kier alpha value is -2.25. The molecule has 0 fully saturated rings. The number of hydrogen-bond acceptors (Lipinski definition) is 5. The molecule has 3 rings (SSSR count). The number of hydrogen-bond donors (Lipinski definition) is 2. The minimum absolute atomic E-state index is 0.0710. The number of pyridine rings is 1. The predicted molar refractivity (Wildman–Crippen MR) is 109 cm³/mol. The highest BCUT2D eigenvalue weighted by Crippen LogP contribution is 2.27. The molecule has 1 aliphatic rings. The number of carbonyl (C=O) groups excluding carboxylic acids is 1. The van der Waals surface area contributed by atoms with Gasteiger partial charge < -0.3 is 10.6 Å². The Bertz CT molecular complexity index is 953. The standard InChI is InChI=1S/C21H27N3O3S/c1-4-28(26,27)18-7-5-15(6-8-18)12-24-21(25)17-11-16-9-10-22-19(14(2)3)20(16)23-13-17/h5-8,11,13-14,19,22H,4,9-10,12H2,1-3H3,(H,24,25)/t19-/m0/s1. The van der Waals surface area contributed by atoms with Gasteiger partial charge in [0.1, 0.15) is 0 Å². The number of aromatic nitrogens is 1. The summed E-state index contributed by atoms with van der Waals surface area (Å²) in [6, 6.07) is 8.78. The molecule has 1 amide bonds. The number of carbonyl (C=O) groups is 1. The normalized spacial score (nSPS) is 16.6. The third-order valence-electron chi connectivity index (χ3n) is 5.10. The van der Waals surface area contributed by atoms with Crippen LogP contribution in [0.4, 0.5) is 0 Å². The van der Waals surface area contributed by atoms with E-state index in [1.165, 1.54) is 0 Å². The van der Waals surface area contributed by atoms with Crippen molar-refractivity contribution in [2.75, 3.05) is 12.3 Å². The molecule has 0 unspecified atom stereocenters. The quantitative estimate of drug-likeness (QED) is 0.777. The molecule has 2 N–H and O–H groups in total. The minimum Gasteiger partial charge on any atom is -0.348 e. The lowest BCUT2D eigenvalue weighted by Gasteiger charge is -2.29. The molecule has 1 atom stereocenters. The maximum atomic E-state index is 12.5. The zero-order valence-corrected chi connectivity index (χ0v) is 17.3. The Morgan fingerprint density at radius 2 is 2.00 bits per heavy atom. The molecule has 0 saturated heterocycles. The van der Waals surface area contributed by atoms with Gasteiger partial charge >= 0.3 is 0 Å². The van der Waals surface area contributed by atoms with Gasteiger partial charge in [-0.3, -0.25) is 9.78 Å². The van der Waals surface area contributed by atoms with Crippen molar-refractivity contribution in [3.8, 4) is 0 Å². The summed E-state index contributed by atoms with van der Waals surface area (Å²) in [6.07, 6.45) is 2.49. The van der Waals surface area contributed by atoms with Gasteiger partial charge in [0.05, 0.1) is 27.9 Å². The molecule has 0 saturated carbocycles. The SMILES string of the molecule is CCS(=O)(=O)c1ccc(CNC(=O)c2cnc3c(c2)CCN[C@H]3C(C)C)cc1. The van der Waals surface area contributed by atoms with Crippen LogP contribution in [0.5, 0.6) is 0 Å². The molecule has 0 radical (unpaired) electrons. The van der Waals surface area contributed by atoms with E-state index in [1.54, 1.807) is 37.4 Å². The summed E-state index contributed by atoms with van der Waals surface area (Å²) in [4.78, 5) is 17.4. The van der Waals surface area contributed by atoms with E-state index in [-0.39, 0.29) is 17.7 Å². The van der Waals surface area contributed by atoms with E-state index in [1.807, 2.05) is 6.07 Å². The topological polar surface area (TPSA) is 88.2 Å².